The van der Waals surface area contributed by atoms with Crippen molar-refractivity contribution in [1.82, 2.24) is 4.72 Å². The first-order valence-electron chi connectivity index (χ1n) is 4.69. The number of nitrogens with one attached hydrogen (secondary N) is 1. The molecular formula is C11H17NOS. The van der Waals surface area contributed by atoms with Crippen LogP contribution in [0.15, 0.2) is 30.3 Å². The highest BCUT2D eigenvalue weighted by Gasteiger charge is 2.18. The fraction of sp³-hybridized carbons (Fsp3) is 0.455. The zero-order valence-electron chi connectivity index (χ0n) is 8.91. The molecule has 1 aromatic rings. The van der Waals surface area contributed by atoms with E-state index in [1.165, 1.54) is 0 Å². The van der Waals surface area contributed by atoms with Crippen LogP contribution < -0.4 is 4.72 Å². The van der Waals surface area contributed by atoms with E-state index in [2.05, 4.69) is 4.72 Å². The van der Waals surface area contributed by atoms with Crippen molar-refractivity contribution in [3.63, 3.8) is 0 Å². The maximum absolute atomic E-state index is 11.6. The van der Waals surface area contributed by atoms with E-state index < -0.39 is 11.0 Å². The molecule has 0 aliphatic heterocycles. The molecule has 1 atom stereocenters. The molecule has 0 aromatic heterocycles. The minimum atomic E-state index is -0.988. The second-order valence-corrected chi connectivity index (χ2v) is 6.24. The molecule has 1 unspecified atom stereocenters. The van der Waals surface area contributed by atoms with E-state index in [0.29, 0.717) is 6.54 Å². The zero-order chi connectivity index (χ0) is 10.6. The summed E-state index contributed by atoms with van der Waals surface area (Å²) in [5.74, 6) is 0. The predicted molar refractivity (Wildman–Crippen MR) is 61.2 cm³/mol. The quantitative estimate of drug-likeness (QED) is 0.816. The van der Waals surface area contributed by atoms with Crippen molar-refractivity contribution in [3.05, 3.63) is 35.9 Å². The average Bonchev–Trinajstić information content (AvgIpc) is 2.14. The summed E-state index contributed by atoms with van der Waals surface area (Å²) in [7, 11) is -0.988. The van der Waals surface area contributed by atoms with Crippen LogP contribution in [0.3, 0.4) is 0 Å². The van der Waals surface area contributed by atoms with Gasteiger partial charge in [-0.2, -0.15) is 0 Å². The predicted octanol–water partition coefficient (Wildman–Crippen LogP) is 2.24. The van der Waals surface area contributed by atoms with Gasteiger partial charge in [0.1, 0.15) is 0 Å². The fourth-order valence-electron chi connectivity index (χ4n) is 0.961. The molecule has 1 aromatic carbocycles. The number of rotatable bonds is 3. The Bertz CT molecular complexity index is 303. The van der Waals surface area contributed by atoms with Crippen LogP contribution in [0.1, 0.15) is 26.3 Å². The van der Waals surface area contributed by atoms with Crippen LogP contribution in [0.25, 0.3) is 0 Å². The third-order valence-electron chi connectivity index (χ3n) is 1.81. The summed E-state index contributed by atoms with van der Waals surface area (Å²) in [5, 5.41) is 0. The van der Waals surface area contributed by atoms with Gasteiger partial charge in [0.05, 0.1) is 15.7 Å². The van der Waals surface area contributed by atoms with E-state index in [9.17, 15) is 4.21 Å². The summed E-state index contributed by atoms with van der Waals surface area (Å²) in [4.78, 5) is 0. The highest BCUT2D eigenvalue weighted by molar-refractivity contribution is 7.84. The number of hydrogen-bond acceptors (Lipinski definition) is 1. The summed E-state index contributed by atoms with van der Waals surface area (Å²) in [6, 6.07) is 9.98. The van der Waals surface area contributed by atoms with Gasteiger partial charge in [0.15, 0.2) is 0 Å². The summed E-state index contributed by atoms with van der Waals surface area (Å²) < 4.78 is 14.4. The van der Waals surface area contributed by atoms with Gasteiger partial charge in [0.25, 0.3) is 0 Å². The van der Waals surface area contributed by atoms with E-state index >= 15 is 0 Å². The van der Waals surface area contributed by atoms with Gasteiger partial charge in [-0.05, 0) is 26.3 Å². The molecule has 14 heavy (non-hydrogen) atoms. The van der Waals surface area contributed by atoms with Gasteiger partial charge in [0, 0.05) is 6.54 Å². The van der Waals surface area contributed by atoms with E-state index in [0.717, 1.165) is 5.56 Å². The Hall–Kier alpha value is -0.670. The Balaban J connectivity index is 2.46. The van der Waals surface area contributed by atoms with Crippen LogP contribution in [0.4, 0.5) is 0 Å². The summed E-state index contributed by atoms with van der Waals surface area (Å²) >= 11 is 0. The molecule has 78 valence electrons. The summed E-state index contributed by atoms with van der Waals surface area (Å²) in [6.07, 6.45) is 0. The minimum absolute atomic E-state index is 0.200. The molecule has 0 saturated heterocycles. The van der Waals surface area contributed by atoms with E-state index in [1.54, 1.807) is 0 Å². The molecule has 0 fully saturated rings. The fourth-order valence-corrected chi connectivity index (χ4v) is 1.69. The van der Waals surface area contributed by atoms with Gasteiger partial charge in [-0.3, -0.25) is 0 Å². The van der Waals surface area contributed by atoms with Crippen molar-refractivity contribution in [2.45, 2.75) is 32.1 Å². The third-order valence-corrected chi connectivity index (χ3v) is 3.33. The van der Waals surface area contributed by atoms with Gasteiger partial charge in [-0.1, -0.05) is 30.3 Å². The second-order valence-electron chi connectivity index (χ2n) is 4.19. The van der Waals surface area contributed by atoms with Gasteiger partial charge in [0.2, 0.25) is 0 Å². The molecule has 0 spiro atoms. The molecule has 2 nitrogen and oxygen atoms in total. The molecule has 0 radical (unpaired) electrons. The molecule has 0 aliphatic carbocycles. The Morgan fingerprint density at radius 3 is 2.29 bits per heavy atom. The number of hydrogen-bond donors (Lipinski definition) is 1. The van der Waals surface area contributed by atoms with Crippen molar-refractivity contribution in [3.8, 4) is 0 Å². The van der Waals surface area contributed by atoms with Crippen LogP contribution in [-0.2, 0) is 17.5 Å². The Morgan fingerprint density at radius 1 is 1.21 bits per heavy atom. The highest BCUT2D eigenvalue weighted by atomic mass is 32.2. The molecule has 1 rings (SSSR count). The van der Waals surface area contributed by atoms with E-state index in [1.807, 2.05) is 51.1 Å². The third kappa shape index (κ3) is 3.60. The summed E-state index contributed by atoms with van der Waals surface area (Å²) in [5.41, 5.74) is 1.16. The van der Waals surface area contributed by atoms with Crippen LogP contribution in [0, 0.1) is 0 Å². The lowest BCUT2D eigenvalue weighted by Crippen LogP contribution is -2.32. The molecule has 1 N–H and O–H groups in total. The maximum atomic E-state index is 11.6. The average molecular weight is 211 g/mol. The molecular weight excluding hydrogens is 194 g/mol. The maximum Gasteiger partial charge on any atom is 0.0973 e. The lowest BCUT2D eigenvalue weighted by Gasteiger charge is -2.17. The normalized spacial score (nSPS) is 13.9. The largest absolute Gasteiger partial charge is 0.242 e. The van der Waals surface area contributed by atoms with Gasteiger partial charge < -0.3 is 0 Å². The zero-order valence-corrected chi connectivity index (χ0v) is 9.73. The van der Waals surface area contributed by atoms with E-state index in [-0.39, 0.29) is 4.75 Å². The van der Waals surface area contributed by atoms with Crippen molar-refractivity contribution >= 4 is 11.0 Å². The second kappa shape index (κ2) is 4.71. The SMILES string of the molecule is CC(C)(C)S(=O)NCc1ccccc1. The minimum Gasteiger partial charge on any atom is -0.242 e. The van der Waals surface area contributed by atoms with Gasteiger partial charge >= 0.3 is 0 Å². The smallest absolute Gasteiger partial charge is 0.0973 e. The number of benzene rings is 1. The van der Waals surface area contributed by atoms with Crippen molar-refractivity contribution < 1.29 is 4.21 Å². The highest BCUT2D eigenvalue weighted by Crippen LogP contribution is 2.09. The van der Waals surface area contributed by atoms with Crippen LogP contribution in [0.2, 0.25) is 0 Å². The molecule has 0 heterocycles. The van der Waals surface area contributed by atoms with Gasteiger partial charge in [-0.25, -0.2) is 8.93 Å². The molecule has 0 bridgehead atoms. The summed E-state index contributed by atoms with van der Waals surface area (Å²) in [6.45, 7) is 6.54. The monoisotopic (exact) mass is 211 g/mol. The first-order valence-corrected chi connectivity index (χ1v) is 5.84. The van der Waals surface area contributed by atoms with Crippen LogP contribution >= 0.6 is 0 Å². The van der Waals surface area contributed by atoms with Crippen LogP contribution in [-0.4, -0.2) is 8.96 Å². The lowest BCUT2D eigenvalue weighted by molar-refractivity contribution is 0.635. The first-order chi connectivity index (χ1) is 6.50. The topological polar surface area (TPSA) is 29.1 Å². The Kier molecular flexibility index (Phi) is 3.84. The van der Waals surface area contributed by atoms with Crippen LogP contribution in [0.5, 0.6) is 0 Å². The Labute approximate surface area is 88.3 Å². The first kappa shape index (κ1) is 11.4. The Morgan fingerprint density at radius 2 is 1.79 bits per heavy atom. The standard InChI is InChI=1S/C11H17NOS/c1-11(2,3)14(13)12-9-10-7-5-4-6-8-10/h4-8,12H,9H2,1-3H3. The molecule has 3 heteroatoms. The molecule has 0 amide bonds. The van der Waals surface area contributed by atoms with Crippen molar-refractivity contribution in [2.24, 2.45) is 0 Å². The molecule has 0 saturated carbocycles. The lowest BCUT2D eigenvalue weighted by atomic mass is 10.2. The van der Waals surface area contributed by atoms with Crippen molar-refractivity contribution in [1.29, 1.82) is 0 Å². The van der Waals surface area contributed by atoms with E-state index in [4.69, 9.17) is 0 Å². The van der Waals surface area contributed by atoms with Gasteiger partial charge in [-0.15, -0.1) is 0 Å². The van der Waals surface area contributed by atoms with Crippen molar-refractivity contribution in [2.75, 3.05) is 0 Å². The molecule has 0 aliphatic rings.